The van der Waals surface area contributed by atoms with Crippen molar-refractivity contribution >= 4 is 39.1 Å². The Morgan fingerprint density at radius 2 is 1.86 bits per heavy atom. The summed E-state index contributed by atoms with van der Waals surface area (Å²) in [7, 11) is 3.87. The van der Waals surface area contributed by atoms with Crippen LogP contribution in [0, 0.1) is 12.3 Å². The van der Waals surface area contributed by atoms with Gasteiger partial charge in [-0.3, -0.25) is 4.79 Å². The molecular formula is C22H21N3O3S. The highest BCUT2D eigenvalue weighted by Crippen LogP contribution is 2.20. The quantitative estimate of drug-likeness (QED) is 0.481. The molecular weight excluding hydrogens is 386 g/mol. The molecule has 3 aromatic rings. The lowest BCUT2D eigenvalue weighted by molar-refractivity contribution is 0.0526. The van der Waals surface area contributed by atoms with Crippen LogP contribution in [0.25, 0.3) is 10.2 Å². The Hall–Kier alpha value is -3.37. The van der Waals surface area contributed by atoms with E-state index >= 15 is 0 Å². The van der Waals surface area contributed by atoms with E-state index in [4.69, 9.17) is 11.2 Å². The average Bonchev–Trinajstić information content (AvgIpc) is 3.04. The first-order valence-electron chi connectivity index (χ1n) is 9.05. The molecule has 0 bridgehead atoms. The number of aromatic nitrogens is 1. The molecule has 0 saturated carbocycles. The smallest absolute Gasteiger partial charge is 0.338 e. The van der Waals surface area contributed by atoms with Crippen LogP contribution in [0.3, 0.4) is 0 Å². The predicted molar refractivity (Wildman–Crippen MR) is 115 cm³/mol. The summed E-state index contributed by atoms with van der Waals surface area (Å²) in [6, 6.07) is 12.5. The molecule has 0 fully saturated rings. The number of anilines is 1. The molecule has 0 atom stereocenters. The molecule has 0 aliphatic rings. The Morgan fingerprint density at radius 3 is 2.48 bits per heavy atom. The molecule has 7 heteroatoms. The maximum atomic E-state index is 12.7. The number of thiazole rings is 1. The summed E-state index contributed by atoms with van der Waals surface area (Å²) in [5, 5.41) is 0. The number of carbonyl (C=O) groups is 2. The van der Waals surface area contributed by atoms with Gasteiger partial charge in [0.15, 0.2) is 4.80 Å². The van der Waals surface area contributed by atoms with Crippen molar-refractivity contribution in [1.82, 2.24) is 4.57 Å². The molecule has 0 saturated heterocycles. The summed E-state index contributed by atoms with van der Waals surface area (Å²) in [5.74, 6) is 1.86. The Bertz CT molecular complexity index is 1160. The van der Waals surface area contributed by atoms with Crippen molar-refractivity contribution in [3.05, 3.63) is 58.4 Å². The number of amides is 1. The van der Waals surface area contributed by atoms with Crippen LogP contribution in [0.4, 0.5) is 5.69 Å². The third-order valence-electron chi connectivity index (χ3n) is 4.27. The monoisotopic (exact) mass is 407 g/mol. The standard InChI is InChI=1S/C22H21N3O3S/c1-5-13-25-18-12-9-16(21(27)28-6-2)14-19(18)29-22(25)23-20(26)15-7-10-17(11-8-15)24(3)4/h1,7-12,14H,6,13H2,2-4H3. The van der Waals surface area contributed by atoms with Crippen LogP contribution in [0.15, 0.2) is 47.5 Å². The Labute approximate surface area is 173 Å². The van der Waals surface area contributed by atoms with Gasteiger partial charge in [-0.1, -0.05) is 17.3 Å². The molecule has 2 aromatic carbocycles. The molecule has 0 aliphatic heterocycles. The number of nitrogens with zero attached hydrogens (tertiary/aromatic N) is 3. The van der Waals surface area contributed by atoms with Gasteiger partial charge in [-0.15, -0.1) is 6.42 Å². The van der Waals surface area contributed by atoms with Gasteiger partial charge in [-0.2, -0.15) is 4.99 Å². The van der Waals surface area contributed by atoms with Crippen LogP contribution in [-0.4, -0.2) is 37.1 Å². The minimum Gasteiger partial charge on any atom is -0.462 e. The van der Waals surface area contributed by atoms with Crippen LogP contribution in [0.1, 0.15) is 27.6 Å². The molecule has 0 radical (unpaired) electrons. The Morgan fingerprint density at radius 1 is 1.17 bits per heavy atom. The van der Waals surface area contributed by atoms with Crippen LogP contribution >= 0.6 is 11.3 Å². The van der Waals surface area contributed by atoms with E-state index in [9.17, 15) is 9.59 Å². The van der Waals surface area contributed by atoms with Crippen LogP contribution in [0.2, 0.25) is 0 Å². The normalized spacial score (nSPS) is 11.3. The van der Waals surface area contributed by atoms with Crippen molar-refractivity contribution in [2.24, 2.45) is 4.99 Å². The lowest BCUT2D eigenvalue weighted by Gasteiger charge is -2.11. The van der Waals surface area contributed by atoms with Gasteiger partial charge < -0.3 is 14.2 Å². The number of terminal acetylenes is 1. The van der Waals surface area contributed by atoms with E-state index in [1.54, 1.807) is 41.8 Å². The number of hydrogen-bond donors (Lipinski definition) is 0. The first kappa shape index (κ1) is 20.4. The van der Waals surface area contributed by atoms with E-state index in [0.29, 0.717) is 22.5 Å². The zero-order chi connectivity index (χ0) is 21.0. The van der Waals surface area contributed by atoms with Gasteiger partial charge >= 0.3 is 5.97 Å². The number of ether oxygens (including phenoxy) is 1. The zero-order valence-electron chi connectivity index (χ0n) is 16.5. The molecule has 0 spiro atoms. The van der Waals surface area contributed by atoms with E-state index in [-0.39, 0.29) is 18.4 Å². The van der Waals surface area contributed by atoms with Crippen LogP contribution in [0.5, 0.6) is 0 Å². The fraction of sp³-hybridized carbons (Fsp3) is 0.227. The molecule has 6 nitrogen and oxygen atoms in total. The van der Waals surface area contributed by atoms with Crippen molar-refractivity contribution in [2.45, 2.75) is 13.5 Å². The summed E-state index contributed by atoms with van der Waals surface area (Å²) < 4.78 is 7.65. The summed E-state index contributed by atoms with van der Waals surface area (Å²) in [5.41, 5.74) is 2.76. The van der Waals surface area contributed by atoms with Crippen molar-refractivity contribution < 1.29 is 14.3 Å². The highest BCUT2D eigenvalue weighted by atomic mass is 32.1. The number of hydrogen-bond acceptors (Lipinski definition) is 5. The molecule has 1 heterocycles. The largest absolute Gasteiger partial charge is 0.462 e. The summed E-state index contributed by atoms with van der Waals surface area (Å²) in [6.07, 6.45) is 5.51. The molecule has 1 aromatic heterocycles. The van der Waals surface area contributed by atoms with Gasteiger partial charge in [0.2, 0.25) is 0 Å². The average molecular weight is 407 g/mol. The summed E-state index contributed by atoms with van der Waals surface area (Å²) in [6.45, 7) is 2.33. The highest BCUT2D eigenvalue weighted by Gasteiger charge is 2.13. The van der Waals surface area contributed by atoms with E-state index in [0.717, 1.165) is 15.9 Å². The second-order valence-electron chi connectivity index (χ2n) is 6.44. The number of fused-ring (bicyclic) bond motifs is 1. The first-order valence-corrected chi connectivity index (χ1v) is 9.86. The van der Waals surface area contributed by atoms with Gasteiger partial charge in [0.1, 0.15) is 0 Å². The van der Waals surface area contributed by atoms with Crippen LogP contribution < -0.4 is 9.70 Å². The second kappa shape index (κ2) is 8.76. The van der Waals surface area contributed by atoms with Gasteiger partial charge in [0.05, 0.1) is 28.9 Å². The maximum absolute atomic E-state index is 12.7. The topological polar surface area (TPSA) is 63.9 Å². The molecule has 148 valence electrons. The van der Waals surface area contributed by atoms with Gasteiger partial charge in [-0.05, 0) is 49.4 Å². The summed E-state index contributed by atoms with van der Waals surface area (Å²) >= 11 is 1.31. The third-order valence-corrected chi connectivity index (χ3v) is 5.31. The zero-order valence-corrected chi connectivity index (χ0v) is 17.3. The van der Waals surface area contributed by atoms with Crippen molar-refractivity contribution in [3.63, 3.8) is 0 Å². The van der Waals surface area contributed by atoms with Gasteiger partial charge in [0, 0.05) is 25.3 Å². The van der Waals surface area contributed by atoms with E-state index < -0.39 is 0 Å². The first-order chi connectivity index (χ1) is 13.9. The lowest BCUT2D eigenvalue weighted by Crippen LogP contribution is -2.16. The number of esters is 1. The number of rotatable bonds is 5. The van der Waals surface area contributed by atoms with Crippen molar-refractivity contribution in [2.75, 3.05) is 25.6 Å². The summed E-state index contributed by atoms with van der Waals surface area (Å²) in [4.78, 5) is 31.4. The fourth-order valence-electron chi connectivity index (χ4n) is 2.80. The highest BCUT2D eigenvalue weighted by molar-refractivity contribution is 7.16. The molecule has 29 heavy (non-hydrogen) atoms. The van der Waals surface area contributed by atoms with Crippen molar-refractivity contribution in [1.29, 1.82) is 0 Å². The van der Waals surface area contributed by atoms with Gasteiger partial charge in [-0.25, -0.2) is 4.79 Å². The molecule has 1 amide bonds. The number of carbonyl (C=O) groups excluding carboxylic acids is 2. The van der Waals surface area contributed by atoms with Gasteiger partial charge in [0.25, 0.3) is 5.91 Å². The SMILES string of the molecule is C#CCn1c(=NC(=O)c2ccc(N(C)C)cc2)sc2cc(C(=O)OCC)ccc21. The Kier molecular flexibility index (Phi) is 6.15. The lowest BCUT2D eigenvalue weighted by atomic mass is 10.2. The Balaban J connectivity index is 2.04. The number of benzene rings is 2. The maximum Gasteiger partial charge on any atom is 0.338 e. The molecule has 0 aliphatic carbocycles. The van der Waals surface area contributed by atoms with Crippen LogP contribution in [-0.2, 0) is 11.3 Å². The molecule has 0 N–H and O–H groups in total. The fourth-order valence-corrected chi connectivity index (χ4v) is 3.86. The van der Waals surface area contributed by atoms with Crippen molar-refractivity contribution in [3.8, 4) is 12.3 Å². The minimum absolute atomic E-state index is 0.268. The predicted octanol–water partition coefficient (Wildman–Crippen LogP) is 3.32. The minimum atomic E-state index is -0.387. The van der Waals surface area contributed by atoms with E-state index in [1.807, 2.05) is 31.1 Å². The molecule has 3 rings (SSSR count). The second-order valence-corrected chi connectivity index (χ2v) is 7.45. The van der Waals surface area contributed by atoms with E-state index in [1.165, 1.54) is 11.3 Å². The molecule has 0 unspecified atom stereocenters. The third kappa shape index (κ3) is 4.39. The van der Waals surface area contributed by atoms with E-state index in [2.05, 4.69) is 10.9 Å².